The van der Waals surface area contributed by atoms with Crippen LogP contribution in [0, 0.1) is 6.92 Å². The number of hydrogen-bond acceptors (Lipinski definition) is 9. The summed E-state index contributed by atoms with van der Waals surface area (Å²) >= 11 is 1.25. The Morgan fingerprint density at radius 1 is 1.12 bits per heavy atom. The maximum atomic E-state index is 14.4. The van der Waals surface area contributed by atoms with Crippen molar-refractivity contribution >= 4 is 27.5 Å². The smallest absolute Gasteiger partial charge is 0.333 e. The summed E-state index contributed by atoms with van der Waals surface area (Å²) in [5.41, 5.74) is -2.18. The predicted octanol–water partition coefficient (Wildman–Crippen LogP) is 5.33. The third-order valence-corrected chi connectivity index (χ3v) is 9.12. The molecule has 1 N–H and O–H groups in total. The van der Waals surface area contributed by atoms with E-state index in [1.807, 2.05) is 30.3 Å². The van der Waals surface area contributed by atoms with Gasteiger partial charge in [-0.1, -0.05) is 30.3 Å². The minimum absolute atomic E-state index is 0.0913. The molecule has 1 fully saturated rings. The van der Waals surface area contributed by atoms with Gasteiger partial charge in [0.05, 0.1) is 35.2 Å². The summed E-state index contributed by atoms with van der Waals surface area (Å²) in [7, 11) is 0. The van der Waals surface area contributed by atoms with Gasteiger partial charge in [0.2, 0.25) is 5.89 Å². The average molecular weight is 610 g/mol. The number of ether oxygens (including phenoxy) is 2. The van der Waals surface area contributed by atoms with Gasteiger partial charge in [0, 0.05) is 0 Å². The van der Waals surface area contributed by atoms with Crippen LogP contribution in [-0.4, -0.2) is 43.0 Å². The summed E-state index contributed by atoms with van der Waals surface area (Å²) in [6.45, 7) is 10.1. The lowest BCUT2D eigenvalue weighted by Crippen LogP contribution is -2.54. The largest absolute Gasteiger partial charge is 0.458 e. The van der Waals surface area contributed by atoms with Crippen LogP contribution in [0.25, 0.3) is 21.0 Å². The van der Waals surface area contributed by atoms with Crippen LogP contribution in [0.4, 0.5) is 0 Å². The van der Waals surface area contributed by atoms with Gasteiger partial charge in [-0.05, 0) is 78.4 Å². The normalized spacial score (nSPS) is 18.6. The second kappa shape index (κ2) is 11.9. The molecule has 5 rings (SSSR count). The van der Waals surface area contributed by atoms with E-state index in [-0.39, 0.29) is 18.8 Å². The van der Waals surface area contributed by atoms with Gasteiger partial charge in [-0.2, -0.15) is 0 Å². The Morgan fingerprint density at radius 3 is 2.40 bits per heavy atom. The Balaban J connectivity index is 1.71. The Morgan fingerprint density at radius 2 is 1.79 bits per heavy atom. The third-order valence-electron chi connectivity index (χ3n) is 7.82. The summed E-state index contributed by atoms with van der Waals surface area (Å²) in [6, 6.07) is 9.64. The molecule has 0 spiro atoms. The fourth-order valence-corrected chi connectivity index (χ4v) is 6.75. The average Bonchev–Trinajstić information content (AvgIpc) is 3.59. The topological polar surface area (TPSA) is 126 Å². The summed E-state index contributed by atoms with van der Waals surface area (Å²) in [4.78, 5) is 47.4. The lowest BCUT2D eigenvalue weighted by molar-refractivity contribution is -0.164. The van der Waals surface area contributed by atoms with Gasteiger partial charge in [-0.25, -0.2) is 19.1 Å². The molecule has 1 atom stereocenters. The van der Waals surface area contributed by atoms with Gasteiger partial charge >= 0.3 is 11.7 Å². The zero-order chi connectivity index (χ0) is 31.1. The molecule has 11 heteroatoms. The maximum absolute atomic E-state index is 14.4. The van der Waals surface area contributed by atoms with Crippen molar-refractivity contribution in [2.45, 2.75) is 103 Å². The maximum Gasteiger partial charge on any atom is 0.333 e. The Bertz CT molecular complexity index is 1700. The molecule has 0 unspecified atom stereocenters. The van der Waals surface area contributed by atoms with Crippen molar-refractivity contribution < 1.29 is 23.8 Å². The van der Waals surface area contributed by atoms with E-state index in [1.54, 1.807) is 27.7 Å². The Kier molecular flexibility index (Phi) is 8.52. The Hall–Kier alpha value is -3.54. The highest BCUT2D eigenvalue weighted by molar-refractivity contribution is 7.22. The summed E-state index contributed by atoms with van der Waals surface area (Å²) in [5, 5.41) is 10.3. The van der Waals surface area contributed by atoms with Crippen molar-refractivity contribution in [2.75, 3.05) is 0 Å². The number of aliphatic hydroxyl groups is 1. The highest BCUT2D eigenvalue weighted by Gasteiger charge is 2.39. The van der Waals surface area contributed by atoms with Gasteiger partial charge in [0.1, 0.15) is 28.3 Å². The molecule has 1 aromatic carbocycles. The number of fused-ring (bicyclic) bond motifs is 1. The lowest BCUT2D eigenvalue weighted by Gasteiger charge is -2.32. The molecule has 1 saturated carbocycles. The van der Waals surface area contributed by atoms with Crippen LogP contribution >= 0.6 is 11.3 Å². The van der Waals surface area contributed by atoms with Gasteiger partial charge < -0.3 is 19.0 Å². The van der Waals surface area contributed by atoms with Gasteiger partial charge in [-0.3, -0.25) is 9.36 Å². The van der Waals surface area contributed by atoms with Crippen LogP contribution in [0.3, 0.4) is 0 Å². The molecule has 3 heterocycles. The molecular formula is C32H39N3O7S. The summed E-state index contributed by atoms with van der Waals surface area (Å²) in [5.74, 6) is -0.353. The van der Waals surface area contributed by atoms with Gasteiger partial charge in [-0.15, -0.1) is 11.3 Å². The van der Waals surface area contributed by atoms with E-state index in [1.165, 1.54) is 42.2 Å². The number of oxazole rings is 1. The minimum atomic E-state index is -1.61. The fourth-order valence-electron chi connectivity index (χ4n) is 5.51. The lowest BCUT2D eigenvalue weighted by atomic mass is 9.95. The predicted molar refractivity (Wildman–Crippen MR) is 164 cm³/mol. The molecule has 10 nitrogen and oxygen atoms in total. The van der Waals surface area contributed by atoms with Crippen molar-refractivity contribution in [3.05, 3.63) is 74.8 Å². The third kappa shape index (κ3) is 6.25. The van der Waals surface area contributed by atoms with Crippen molar-refractivity contribution in [2.24, 2.45) is 0 Å². The zero-order valence-electron chi connectivity index (χ0n) is 25.5. The van der Waals surface area contributed by atoms with Crippen LogP contribution in [0.1, 0.15) is 77.5 Å². The Labute approximate surface area is 253 Å². The molecule has 0 saturated heterocycles. The van der Waals surface area contributed by atoms with Crippen LogP contribution in [0.15, 0.2) is 56.8 Å². The van der Waals surface area contributed by atoms with Crippen molar-refractivity contribution in [1.82, 2.24) is 14.1 Å². The van der Waals surface area contributed by atoms with E-state index in [9.17, 15) is 19.5 Å². The first-order valence-electron chi connectivity index (χ1n) is 14.6. The first-order valence-corrected chi connectivity index (χ1v) is 15.4. The van der Waals surface area contributed by atoms with E-state index in [4.69, 9.17) is 13.9 Å². The molecule has 0 amide bonds. The quantitative estimate of drug-likeness (QED) is 0.266. The second-order valence-electron chi connectivity index (χ2n) is 12.6. The van der Waals surface area contributed by atoms with E-state index in [0.717, 1.165) is 10.1 Å². The fraction of sp³-hybridized carbons (Fsp3) is 0.500. The first kappa shape index (κ1) is 30.9. The second-order valence-corrected chi connectivity index (χ2v) is 13.6. The van der Waals surface area contributed by atoms with Gasteiger partial charge in [0.15, 0.2) is 0 Å². The zero-order valence-corrected chi connectivity index (χ0v) is 26.3. The molecule has 1 aliphatic carbocycles. The summed E-state index contributed by atoms with van der Waals surface area (Å²) in [6.07, 6.45) is 4.71. The number of hydrogen-bond donors (Lipinski definition) is 1. The molecule has 4 aromatic rings. The summed E-state index contributed by atoms with van der Waals surface area (Å²) < 4.78 is 20.4. The number of aliphatic hydroxyl groups excluding tert-OH is 1. The molecule has 1 aliphatic rings. The van der Waals surface area contributed by atoms with Crippen molar-refractivity contribution in [3.63, 3.8) is 0 Å². The number of benzene rings is 1. The molecule has 0 bridgehead atoms. The van der Waals surface area contributed by atoms with E-state index in [0.29, 0.717) is 52.2 Å². The SMILES string of the molecule is Cc1c(-c2ncco2)sc2c1c(=O)n(C(C)(C)C(=O)OC(C)(C)C)c(=O)n2C[C@H](OC1CCC(O)CC1)c1ccccc1. The number of rotatable bonds is 8. The van der Waals surface area contributed by atoms with Crippen LogP contribution in [-0.2, 0) is 26.4 Å². The number of esters is 1. The van der Waals surface area contributed by atoms with Gasteiger partial charge in [0.25, 0.3) is 5.56 Å². The molecule has 3 aromatic heterocycles. The number of nitrogens with zero attached hydrogens (tertiary/aromatic N) is 3. The van der Waals surface area contributed by atoms with Crippen LogP contribution in [0.2, 0.25) is 0 Å². The highest BCUT2D eigenvalue weighted by atomic mass is 32.1. The highest BCUT2D eigenvalue weighted by Crippen LogP contribution is 2.37. The standard InChI is InChI=1S/C32H39N3O7S/c1-19-24-27(37)35(32(5,6)29(38)42-31(2,3)4)30(39)34(28(24)43-25(19)26-33-16-17-40-26)18-23(20-10-8-7-9-11-20)41-22-14-12-21(36)13-15-22/h7-11,16-17,21-23,36H,12-15,18H2,1-6H3/t21?,22?,23-/m0/s1. The van der Waals surface area contributed by atoms with E-state index in [2.05, 4.69) is 4.98 Å². The van der Waals surface area contributed by atoms with Crippen LogP contribution < -0.4 is 11.2 Å². The molecular weight excluding hydrogens is 570 g/mol. The number of aryl methyl sites for hydroxylation is 1. The number of carbonyl (C=O) groups excluding carboxylic acids is 1. The molecule has 0 aliphatic heterocycles. The van der Waals surface area contributed by atoms with E-state index < -0.39 is 34.5 Å². The number of carbonyl (C=O) groups is 1. The van der Waals surface area contributed by atoms with Crippen molar-refractivity contribution in [3.8, 4) is 10.8 Å². The number of thiophene rings is 1. The first-order chi connectivity index (χ1) is 20.3. The minimum Gasteiger partial charge on any atom is -0.458 e. The molecule has 230 valence electrons. The molecule has 0 radical (unpaired) electrons. The van der Waals surface area contributed by atoms with Crippen LogP contribution in [0.5, 0.6) is 0 Å². The molecule has 43 heavy (non-hydrogen) atoms. The monoisotopic (exact) mass is 609 g/mol. The van der Waals surface area contributed by atoms with Crippen molar-refractivity contribution in [1.29, 1.82) is 0 Å². The number of aromatic nitrogens is 3. The van der Waals surface area contributed by atoms with E-state index >= 15 is 0 Å².